The largest absolute Gasteiger partial charge is 0.469 e. The van der Waals surface area contributed by atoms with Crippen molar-refractivity contribution in [2.24, 2.45) is 0 Å². The standard InChI is InChI=1S/C18H20N2O8/c1-18(2,3)27-17(25)19-12(9-13(21)26-4)16(24)28-20-14(22)10-7-5-6-8-11(10)15(20)23/h5-8,12H,9H2,1-4H3,(H,19,25)/t12-/m0/s1. The third kappa shape index (κ3) is 4.84. The predicted octanol–water partition coefficient (Wildman–Crippen LogP) is 1.20. The first kappa shape index (κ1) is 20.9. The molecule has 0 aliphatic carbocycles. The van der Waals surface area contributed by atoms with Crippen molar-refractivity contribution >= 4 is 29.8 Å². The van der Waals surface area contributed by atoms with Crippen LogP contribution in [0.15, 0.2) is 24.3 Å². The number of hydroxylamine groups is 2. The smallest absolute Gasteiger partial charge is 0.408 e. The van der Waals surface area contributed by atoms with E-state index >= 15 is 0 Å². The van der Waals surface area contributed by atoms with Gasteiger partial charge in [-0.3, -0.25) is 14.4 Å². The molecule has 0 saturated carbocycles. The molecule has 0 radical (unpaired) electrons. The number of amides is 3. The molecule has 1 N–H and O–H groups in total. The fourth-order valence-corrected chi connectivity index (χ4v) is 2.30. The normalized spacial score (nSPS) is 14.2. The number of hydrogen-bond acceptors (Lipinski definition) is 8. The molecule has 10 nitrogen and oxygen atoms in total. The summed E-state index contributed by atoms with van der Waals surface area (Å²) in [5, 5.41) is 2.46. The number of nitrogens with zero attached hydrogens (tertiary/aromatic N) is 1. The molecule has 1 aliphatic heterocycles. The van der Waals surface area contributed by atoms with Crippen molar-refractivity contribution in [2.75, 3.05) is 7.11 Å². The van der Waals surface area contributed by atoms with Crippen LogP contribution in [0.5, 0.6) is 0 Å². The molecule has 3 amide bonds. The highest BCUT2D eigenvalue weighted by Crippen LogP contribution is 2.23. The van der Waals surface area contributed by atoms with E-state index in [2.05, 4.69) is 10.1 Å². The van der Waals surface area contributed by atoms with E-state index < -0.39 is 47.9 Å². The van der Waals surface area contributed by atoms with Crippen LogP contribution in [0.2, 0.25) is 0 Å². The summed E-state index contributed by atoms with van der Waals surface area (Å²) in [6, 6.07) is 4.40. The summed E-state index contributed by atoms with van der Waals surface area (Å²) in [6.07, 6.45) is -1.57. The van der Waals surface area contributed by atoms with Gasteiger partial charge < -0.3 is 19.6 Å². The molecule has 28 heavy (non-hydrogen) atoms. The number of esters is 1. The summed E-state index contributed by atoms with van der Waals surface area (Å²) in [5.74, 6) is -3.68. The molecule has 1 aromatic carbocycles. The lowest BCUT2D eigenvalue weighted by Gasteiger charge is -2.23. The zero-order valence-corrected chi connectivity index (χ0v) is 15.8. The number of fused-ring (bicyclic) bond motifs is 1. The van der Waals surface area contributed by atoms with Gasteiger partial charge in [-0.05, 0) is 32.9 Å². The highest BCUT2D eigenvalue weighted by atomic mass is 16.7. The van der Waals surface area contributed by atoms with Gasteiger partial charge in [0.05, 0.1) is 24.7 Å². The van der Waals surface area contributed by atoms with Gasteiger partial charge in [0.2, 0.25) is 0 Å². The van der Waals surface area contributed by atoms with Crippen LogP contribution < -0.4 is 5.32 Å². The summed E-state index contributed by atoms with van der Waals surface area (Å²) in [7, 11) is 1.10. The first-order valence-corrected chi connectivity index (χ1v) is 8.29. The summed E-state index contributed by atoms with van der Waals surface area (Å²) in [4.78, 5) is 65.4. The minimum atomic E-state index is -1.54. The van der Waals surface area contributed by atoms with Crippen LogP contribution in [-0.4, -0.2) is 53.7 Å². The van der Waals surface area contributed by atoms with Crippen LogP contribution in [0.1, 0.15) is 47.9 Å². The average molecular weight is 392 g/mol. The van der Waals surface area contributed by atoms with E-state index in [0.29, 0.717) is 0 Å². The first-order valence-electron chi connectivity index (χ1n) is 8.29. The molecule has 0 spiro atoms. The van der Waals surface area contributed by atoms with Crippen molar-refractivity contribution < 1.29 is 38.3 Å². The lowest BCUT2D eigenvalue weighted by atomic mass is 10.1. The lowest BCUT2D eigenvalue weighted by molar-refractivity contribution is -0.172. The molecule has 0 saturated heterocycles. The van der Waals surface area contributed by atoms with Gasteiger partial charge in [-0.15, -0.1) is 0 Å². The number of methoxy groups -OCH3 is 1. The number of carbonyl (C=O) groups excluding carboxylic acids is 5. The van der Waals surface area contributed by atoms with Crippen LogP contribution in [0.4, 0.5) is 4.79 Å². The highest BCUT2D eigenvalue weighted by molar-refractivity contribution is 6.21. The molecule has 2 rings (SSSR count). The zero-order valence-electron chi connectivity index (χ0n) is 15.8. The van der Waals surface area contributed by atoms with Gasteiger partial charge in [0, 0.05) is 0 Å². The van der Waals surface area contributed by atoms with E-state index in [9.17, 15) is 24.0 Å². The average Bonchev–Trinajstić information content (AvgIpc) is 2.84. The molecular weight excluding hydrogens is 372 g/mol. The lowest BCUT2D eigenvalue weighted by Crippen LogP contribution is -2.48. The van der Waals surface area contributed by atoms with E-state index in [1.165, 1.54) is 12.1 Å². The van der Waals surface area contributed by atoms with Gasteiger partial charge >= 0.3 is 18.0 Å². The first-order chi connectivity index (χ1) is 13.0. The summed E-state index contributed by atoms with van der Waals surface area (Å²) >= 11 is 0. The summed E-state index contributed by atoms with van der Waals surface area (Å²) in [5.41, 5.74) is -0.707. The molecule has 0 aromatic heterocycles. The molecule has 150 valence electrons. The Bertz CT molecular complexity index is 792. The Kier molecular flexibility index (Phi) is 6.02. The van der Waals surface area contributed by atoms with Gasteiger partial charge in [0.25, 0.3) is 11.8 Å². The number of nitrogens with one attached hydrogen (secondary N) is 1. The quantitative estimate of drug-likeness (QED) is 0.585. The van der Waals surface area contributed by atoms with Crippen LogP contribution in [0.25, 0.3) is 0 Å². The number of alkyl carbamates (subject to hydrolysis) is 1. The van der Waals surface area contributed by atoms with Crippen molar-refractivity contribution in [3.05, 3.63) is 35.4 Å². The predicted molar refractivity (Wildman–Crippen MR) is 92.8 cm³/mol. The monoisotopic (exact) mass is 392 g/mol. The maximum absolute atomic E-state index is 12.4. The Morgan fingerprint density at radius 2 is 1.61 bits per heavy atom. The zero-order chi connectivity index (χ0) is 21.1. The maximum atomic E-state index is 12.4. The number of rotatable bonds is 5. The number of benzene rings is 1. The number of carbonyl (C=O) groups is 5. The SMILES string of the molecule is COC(=O)C[C@H](NC(=O)OC(C)(C)C)C(=O)ON1C(=O)c2ccccc2C1=O. The molecule has 1 aromatic rings. The number of ether oxygens (including phenoxy) is 2. The topological polar surface area (TPSA) is 128 Å². The second-order valence-corrected chi connectivity index (χ2v) is 6.84. The van der Waals surface area contributed by atoms with Crippen LogP contribution in [0.3, 0.4) is 0 Å². The fraction of sp³-hybridized carbons (Fsp3) is 0.389. The summed E-state index contributed by atoms with van der Waals surface area (Å²) < 4.78 is 9.53. The summed E-state index contributed by atoms with van der Waals surface area (Å²) in [6.45, 7) is 4.83. The van der Waals surface area contributed by atoms with Gasteiger partial charge in [-0.25, -0.2) is 9.59 Å². The third-order valence-corrected chi connectivity index (χ3v) is 3.51. The number of hydrogen-bond donors (Lipinski definition) is 1. The molecular formula is C18H20N2O8. The van der Waals surface area contributed by atoms with Crippen molar-refractivity contribution in [2.45, 2.75) is 38.8 Å². The molecule has 1 atom stereocenters. The van der Waals surface area contributed by atoms with Crippen molar-refractivity contribution in [3.63, 3.8) is 0 Å². The third-order valence-electron chi connectivity index (χ3n) is 3.51. The fourth-order valence-electron chi connectivity index (χ4n) is 2.30. The van der Waals surface area contributed by atoms with Crippen LogP contribution in [0, 0.1) is 0 Å². The van der Waals surface area contributed by atoms with Gasteiger partial charge in [0.15, 0.2) is 0 Å². The van der Waals surface area contributed by atoms with Crippen molar-refractivity contribution in [1.29, 1.82) is 0 Å². The minimum absolute atomic E-state index is 0.0740. The number of imide groups is 1. The Morgan fingerprint density at radius 1 is 1.07 bits per heavy atom. The van der Waals surface area contributed by atoms with Gasteiger partial charge in [0.1, 0.15) is 11.6 Å². The van der Waals surface area contributed by atoms with Crippen LogP contribution in [-0.2, 0) is 23.9 Å². The molecule has 1 aliphatic rings. The Labute approximate surface area is 160 Å². The second kappa shape index (κ2) is 8.07. The van der Waals surface area contributed by atoms with Crippen molar-refractivity contribution in [3.8, 4) is 0 Å². The molecule has 1 heterocycles. The van der Waals surface area contributed by atoms with Crippen molar-refractivity contribution in [1.82, 2.24) is 10.4 Å². The van der Waals surface area contributed by atoms with E-state index in [4.69, 9.17) is 9.57 Å². The van der Waals surface area contributed by atoms with E-state index in [-0.39, 0.29) is 16.2 Å². The molecule has 0 fully saturated rings. The maximum Gasteiger partial charge on any atom is 0.408 e. The Morgan fingerprint density at radius 3 is 2.07 bits per heavy atom. The molecule has 10 heteroatoms. The van der Waals surface area contributed by atoms with E-state index in [1.54, 1.807) is 32.9 Å². The van der Waals surface area contributed by atoms with Gasteiger partial charge in [-0.2, -0.15) is 0 Å². The van der Waals surface area contributed by atoms with E-state index in [1.807, 2.05) is 0 Å². The Hall–Kier alpha value is -3.43. The van der Waals surface area contributed by atoms with Gasteiger partial charge in [-0.1, -0.05) is 17.2 Å². The highest BCUT2D eigenvalue weighted by Gasteiger charge is 2.40. The second-order valence-electron chi connectivity index (χ2n) is 6.84. The van der Waals surface area contributed by atoms with Crippen LogP contribution >= 0.6 is 0 Å². The Balaban J connectivity index is 2.14. The molecule has 0 unspecified atom stereocenters. The molecule has 0 bridgehead atoms. The minimum Gasteiger partial charge on any atom is -0.469 e. The van der Waals surface area contributed by atoms with E-state index in [0.717, 1.165) is 7.11 Å².